The van der Waals surface area contributed by atoms with Crippen LogP contribution >= 0.6 is 0 Å². The lowest BCUT2D eigenvalue weighted by atomic mass is 10.2. The third-order valence-corrected chi connectivity index (χ3v) is 3.42. The second-order valence-corrected chi connectivity index (χ2v) is 5.59. The summed E-state index contributed by atoms with van der Waals surface area (Å²) in [5.74, 6) is -0.507. The number of carbonyl (C=O) groups is 2. The first-order valence-electron chi connectivity index (χ1n) is 7.20. The van der Waals surface area contributed by atoms with Crippen molar-refractivity contribution >= 4 is 17.6 Å². The van der Waals surface area contributed by atoms with Crippen LogP contribution in [0, 0.1) is 5.82 Å². The summed E-state index contributed by atoms with van der Waals surface area (Å²) in [6.07, 6.45) is 0.220. The Morgan fingerprint density at radius 2 is 2.23 bits per heavy atom. The summed E-state index contributed by atoms with van der Waals surface area (Å²) in [7, 11) is 3.85. The van der Waals surface area contributed by atoms with Gasteiger partial charge in [-0.3, -0.25) is 4.79 Å². The summed E-state index contributed by atoms with van der Waals surface area (Å²) < 4.78 is 13.2. The predicted octanol–water partition coefficient (Wildman–Crippen LogP) is 0.792. The summed E-state index contributed by atoms with van der Waals surface area (Å²) in [4.78, 5) is 27.2. The first-order chi connectivity index (χ1) is 10.5. The van der Waals surface area contributed by atoms with Crippen molar-refractivity contribution in [1.29, 1.82) is 0 Å². The molecule has 1 aromatic rings. The molecule has 0 aliphatic carbocycles. The van der Waals surface area contributed by atoms with Gasteiger partial charge in [0.1, 0.15) is 5.82 Å². The fourth-order valence-corrected chi connectivity index (χ4v) is 2.33. The van der Waals surface area contributed by atoms with Crippen molar-refractivity contribution in [3.63, 3.8) is 0 Å². The average Bonchev–Trinajstić information content (AvgIpc) is 2.79. The minimum absolute atomic E-state index is 0.121. The van der Waals surface area contributed by atoms with Crippen LogP contribution in [0.3, 0.4) is 0 Å². The van der Waals surface area contributed by atoms with Crippen LogP contribution in [0.4, 0.5) is 14.9 Å². The Hall–Kier alpha value is -2.15. The second-order valence-electron chi connectivity index (χ2n) is 5.59. The van der Waals surface area contributed by atoms with E-state index in [2.05, 4.69) is 10.6 Å². The number of hydrogen-bond donors (Lipinski definition) is 2. The zero-order chi connectivity index (χ0) is 16.1. The molecule has 0 saturated carbocycles. The van der Waals surface area contributed by atoms with E-state index in [9.17, 15) is 14.0 Å². The highest BCUT2D eigenvalue weighted by atomic mass is 19.1. The van der Waals surface area contributed by atoms with Gasteiger partial charge in [-0.25, -0.2) is 9.18 Å². The van der Waals surface area contributed by atoms with E-state index in [4.69, 9.17) is 0 Å². The summed E-state index contributed by atoms with van der Waals surface area (Å²) in [5, 5.41) is 5.51. The molecule has 1 aromatic carbocycles. The van der Waals surface area contributed by atoms with Crippen molar-refractivity contribution in [2.45, 2.75) is 12.5 Å². The van der Waals surface area contributed by atoms with Crippen molar-refractivity contribution in [2.75, 3.05) is 38.6 Å². The van der Waals surface area contributed by atoms with Crippen molar-refractivity contribution in [3.05, 3.63) is 30.1 Å². The molecule has 0 aromatic heterocycles. The predicted molar refractivity (Wildman–Crippen MR) is 82.2 cm³/mol. The van der Waals surface area contributed by atoms with Gasteiger partial charge in [-0.1, -0.05) is 6.07 Å². The van der Waals surface area contributed by atoms with E-state index in [-0.39, 0.29) is 30.2 Å². The Morgan fingerprint density at radius 3 is 2.91 bits per heavy atom. The molecule has 1 fully saturated rings. The van der Waals surface area contributed by atoms with Gasteiger partial charge in [-0.2, -0.15) is 0 Å². The number of halogens is 1. The van der Waals surface area contributed by atoms with E-state index in [0.717, 1.165) is 6.54 Å². The van der Waals surface area contributed by atoms with Gasteiger partial charge in [0.15, 0.2) is 0 Å². The molecule has 1 heterocycles. The number of anilines is 1. The van der Waals surface area contributed by atoms with E-state index in [0.29, 0.717) is 18.8 Å². The number of nitrogens with zero attached hydrogens (tertiary/aromatic N) is 2. The van der Waals surface area contributed by atoms with Crippen LogP contribution in [0.5, 0.6) is 0 Å². The maximum Gasteiger partial charge on any atom is 0.315 e. The highest BCUT2D eigenvalue weighted by Crippen LogP contribution is 2.22. The number of urea groups is 1. The molecule has 2 N–H and O–H groups in total. The molecule has 1 aliphatic rings. The number of amides is 3. The Bertz CT molecular complexity index is 550. The zero-order valence-electron chi connectivity index (χ0n) is 12.8. The molecular weight excluding hydrogens is 287 g/mol. The first-order valence-corrected chi connectivity index (χ1v) is 7.20. The van der Waals surface area contributed by atoms with Crippen LogP contribution in [0.25, 0.3) is 0 Å². The SMILES string of the molecule is CN(C)CCNC(=O)NC1CC(=O)N(c2cccc(F)c2)C1. The standard InChI is InChI=1S/C15H21FN4O2/c1-19(2)7-6-17-15(22)18-12-9-14(21)20(10-12)13-5-3-4-11(16)8-13/h3-5,8,12H,6-7,9-10H2,1-2H3,(H2,17,18,22). The lowest BCUT2D eigenvalue weighted by Gasteiger charge is -2.17. The highest BCUT2D eigenvalue weighted by molar-refractivity contribution is 5.96. The van der Waals surface area contributed by atoms with Crippen LogP contribution in [0.2, 0.25) is 0 Å². The van der Waals surface area contributed by atoms with E-state index in [1.807, 2.05) is 19.0 Å². The molecule has 2 rings (SSSR count). The van der Waals surface area contributed by atoms with Crippen LogP contribution < -0.4 is 15.5 Å². The Kier molecular flexibility index (Phi) is 5.32. The molecule has 120 valence electrons. The van der Waals surface area contributed by atoms with Crippen molar-refractivity contribution < 1.29 is 14.0 Å². The number of benzene rings is 1. The molecule has 1 atom stereocenters. The lowest BCUT2D eigenvalue weighted by Crippen LogP contribution is -2.45. The summed E-state index contributed by atoms with van der Waals surface area (Å²) >= 11 is 0. The van der Waals surface area contributed by atoms with Crippen LogP contribution in [0.15, 0.2) is 24.3 Å². The molecule has 1 unspecified atom stereocenters. The topological polar surface area (TPSA) is 64.7 Å². The van der Waals surface area contributed by atoms with Gasteiger partial charge in [0.05, 0.1) is 6.04 Å². The third kappa shape index (κ3) is 4.42. The Morgan fingerprint density at radius 1 is 1.45 bits per heavy atom. The Balaban J connectivity index is 1.86. The molecule has 22 heavy (non-hydrogen) atoms. The summed E-state index contributed by atoms with van der Waals surface area (Å²) in [5.41, 5.74) is 0.516. The van der Waals surface area contributed by atoms with Gasteiger partial charge >= 0.3 is 6.03 Å². The molecule has 6 nitrogen and oxygen atoms in total. The fourth-order valence-electron chi connectivity index (χ4n) is 2.33. The van der Waals surface area contributed by atoms with Gasteiger partial charge in [0.2, 0.25) is 5.91 Å². The van der Waals surface area contributed by atoms with Crippen molar-refractivity contribution in [3.8, 4) is 0 Å². The molecule has 3 amide bonds. The minimum Gasteiger partial charge on any atom is -0.337 e. The van der Waals surface area contributed by atoms with Crippen LogP contribution in [-0.4, -0.2) is 56.6 Å². The number of carbonyl (C=O) groups excluding carboxylic acids is 2. The van der Waals surface area contributed by atoms with Gasteiger partial charge in [-0.15, -0.1) is 0 Å². The van der Waals surface area contributed by atoms with Gasteiger partial charge < -0.3 is 20.4 Å². The number of rotatable bonds is 5. The quantitative estimate of drug-likeness (QED) is 0.845. The maximum atomic E-state index is 13.2. The molecule has 1 saturated heterocycles. The van der Waals surface area contributed by atoms with Crippen molar-refractivity contribution in [2.24, 2.45) is 0 Å². The molecule has 1 aliphatic heterocycles. The largest absolute Gasteiger partial charge is 0.337 e. The van der Waals surface area contributed by atoms with Crippen LogP contribution in [-0.2, 0) is 4.79 Å². The second kappa shape index (κ2) is 7.22. The molecule has 0 bridgehead atoms. The molecule has 0 radical (unpaired) electrons. The number of likely N-dealkylation sites (N-methyl/N-ethyl adjacent to an activating group) is 1. The smallest absolute Gasteiger partial charge is 0.315 e. The number of nitrogens with one attached hydrogen (secondary N) is 2. The zero-order valence-corrected chi connectivity index (χ0v) is 12.8. The maximum absolute atomic E-state index is 13.2. The Labute approximate surface area is 129 Å². The van der Waals surface area contributed by atoms with E-state index >= 15 is 0 Å². The fraction of sp³-hybridized carbons (Fsp3) is 0.467. The summed E-state index contributed by atoms with van der Waals surface area (Å²) in [6, 6.07) is 5.33. The minimum atomic E-state index is -0.386. The van der Waals surface area contributed by atoms with E-state index in [1.54, 1.807) is 12.1 Å². The number of hydrogen-bond acceptors (Lipinski definition) is 3. The van der Waals surface area contributed by atoms with Crippen LogP contribution in [0.1, 0.15) is 6.42 Å². The van der Waals surface area contributed by atoms with E-state index in [1.165, 1.54) is 17.0 Å². The molecule has 7 heteroatoms. The van der Waals surface area contributed by atoms with Gasteiger partial charge in [-0.05, 0) is 32.3 Å². The summed E-state index contributed by atoms with van der Waals surface area (Å²) in [6.45, 7) is 1.63. The molecular formula is C15H21FN4O2. The first kappa shape index (κ1) is 16.2. The van der Waals surface area contributed by atoms with E-state index < -0.39 is 0 Å². The lowest BCUT2D eigenvalue weighted by molar-refractivity contribution is -0.117. The highest BCUT2D eigenvalue weighted by Gasteiger charge is 2.31. The normalized spacial score (nSPS) is 17.9. The molecule has 0 spiro atoms. The third-order valence-electron chi connectivity index (χ3n) is 3.42. The average molecular weight is 308 g/mol. The van der Waals surface area contributed by atoms with Crippen molar-refractivity contribution in [1.82, 2.24) is 15.5 Å². The van der Waals surface area contributed by atoms with Gasteiger partial charge in [0.25, 0.3) is 0 Å². The monoisotopic (exact) mass is 308 g/mol. The van der Waals surface area contributed by atoms with Gasteiger partial charge in [0, 0.05) is 31.7 Å².